The van der Waals surface area contributed by atoms with Gasteiger partial charge < -0.3 is 4.74 Å². The highest BCUT2D eigenvalue weighted by Crippen LogP contribution is 2.22. The Balaban J connectivity index is 1.86. The van der Waals surface area contributed by atoms with Gasteiger partial charge in [0.15, 0.2) is 19.7 Å². The molecule has 0 heterocycles. The van der Waals surface area contributed by atoms with Crippen LogP contribution in [0.25, 0.3) is 11.8 Å². The van der Waals surface area contributed by atoms with Gasteiger partial charge in [-0.25, -0.2) is 16.8 Å². The van der Waals surface area contributed by atoms with Crippen molar-refractivity contribution in [2.45, 2.75) is 23.1 Å². The lowest BCUT2D eigenvalue weighted by atomic mass is 10.1. The van der Waals surface area contributed by atoms with Gasteiger partial charge in [0.25, 0.3) is 0 Å². The van der Waals surface area contributed by atoms with Crippen LogP contribution >= 0.6 is 0 Å². The van der Waals surface area contributed by atoms with E-state index >= 15 is 0 Å². The molecule has 0 aliphatic carbocycles. The Labute approximate surface area is 194 Å². The highest BCUT2D eigenvalue weighted by molar-refractivity contribution is 7.91. The van der Waals surface area contributed by atoms with Crippen molar-refractivity contribution in [1.82, 2.24) is 0 Å². The van der Waals surface area contributed by atoms with Gasteiger partial charge in [-0.15, -0.1) is 0 Å². The second-order valence-corrected chi connectivity index (χ2v) is 11.8. The van der Waals surface area contributed by atoms with Gasteiger partial charge in [-0.3, -0.25) is 4.79 Å². The number of rotatable bonds is 7. The number of aryl methyl sites for hydroxylation is 1. The van der Waals surface area contributed by atoms with E-state index in [0.717, 1.165) is 18.1 Å². The minimum Gasteiger partial charge on any atom is -0.426 e. The molecule has 3 aromatic carbocycles. The zero-order valence-corrected chi connectivity index (χ0v) is 20.1. The summed E-state index contributed by atoms with van der Waals surface area (Å²) >= 11 is 0. The molecule has 8 heteroatoms. The highest BCUT2D eigenvalue weighted by Gasteiger charge is 2.13. The van der Waals surface area contributed by atoms with Gasteiger partial charge in [0, 0.05) is 18.1 Å². The Bertz CT molecular complexity index is 1380. The summed E-state index contributed by atoms with van der Waals surface area (Å²) in [4.78, 5) is 13.0. The molecule has 3 aromatic rings. The van der Waals surface area contributed by atoms with E-state index in [9.17, 15) is 21.6 Å². The van der Waals surface area contributed by atoms with Crippen LogP contribution in [0, 0.1) is 6.92 Å². The molecule has 6 nitrogen and oxygen atoms in total. The summed E-state index contributed by atoms with van der Waals surface area (Å²) in [7, 11) is -6.63. The quantitative estimate of drug-likeness (QED) is 0.285. The number of carbonyl (C=O) groups excluding carboxylic acids is 1. The molecule has 0 aliphatic rings. The molecule has 0 aromatic heterocycles. The van der Waals surface area contributed by atoms with Gasteiger partial charge in [0.2, 0.25) is 0 Å². The number of benzene rings is 3. The number of hydrogen-bond donors (Lipinski definition) is 0. The van der Waals surface area contributed by atoms with Crippen LogP contribution in [0.5, 0.6) is 0 Å². The normalized spacial score (nSPS) is 12.4. The first-order chi connectivity index (χ1) is 15.4. The SMILES string of the molecule is Cc1ccc(C(=Cc2ccc(S(C)(=O)=O)cc2)OC(=O)Cc2ccc(S(C)(=O)=O)cc2)cc1. The summed E-state index contributed by atoms with van der Waals surface area (Å²) < 4.78 is 52.3. The summed E-state index contributed by atoms with van der Waals surface area (Å²) in [5.74, 6) is -0.193. The third-order valence-corrected chi connectivity index (χ3v) is 7.12. The maximum absolute atomic E-state index is 12.7. The fraction of sp³-hybridized carbons (Fsp3) is 0.160. The van der Waals surface area contributed by atoms with E-state index in [2.05, 4.69) is 0 Å². The Kier molecular flexibility index (Phi) is 7.19. The molecule has 0 N–H and O–H groups in total. The van der Waals surface area contributed by atoms with Crippen molar-refractivity contribution in [3.05, 3.63) is 95.1 Å². The summed E-state index contributed by atoms with van der Waals surface area (Å²) in [6.07, 6.45) is 3.89. The number of esters is 1. The molecular weight excluding hydrogens is 460 g/mol. The van der Waals surface area contributed by atoms with E-state index in [4.69, 9.17) is 4.74 Å². The topological polar surface area (TPSA) is 94.6 Å². The van der Waals surface area contributed by atoms with Gasteiger partial charge in [0.1, 0.15) is 5.76 Å². The summed E-state index contributed by atoms with van der Waals surface area (Å²) in [6, 6.07) is 19.8. The van der Waals surface area contributed by atoms with E-state index in [1.807, 2.05) is 31.2 Å². The average molecular weight is 485 g/mol. The monoisotopic (exact) mass is 484 g/mol. The smallest absolute Gasteiger partial charge is 0.315 e. The van der Waals surface area contributed by atoms with Crippen molar-refractivity contribution >= 4 is 37.5 Å². The van der Waals surface area contributed by atoms with Crippen LogP contribution in [-0.4, -0.2) is 35.3 Å². The van der Waals surface area contributed by atoms with Crippen LogP contribution in [0.15, 0.2) is 82.6 Å². The lowest BCUT2D eigenvalue weighted by Crippen LogP contribution is -2.08. The lowest BCUT2D eigenvalue weighted by Gasteiger charge is -2.11. The van der Waals surface area contributed by atoms with Crippen LogP contribution < -0.4 is 0 Å². The Hall–Kier alpha value is -3.23. The van der Waals surface area contributed by atoms with E-state index < -0.39 is 25.6 Å². The number of ether oxygens (including phenoxy) is 1. The fourth-order valence-electron chi connectivity index (χ4n) is 3.03. The molecule has 33 heavy (non-hydrogen) atoms. The molecule has 0 aliphatic heterocycles. The Morgan fingerprint density at radius 2 is 1.24 bits per heavy atom. The van der Waals surface area contributed by atoms with Crippen LogP contribution in [0.3, 0.4) is 0 Å². The summed E-state index contributed by atoms with van der Waals surface area (Å²) in [5.41, 5.74) is 3.03. The van der Waals surface area contributed by atoms with Crippen LogP contribution in [0.2, 0.25) is 0 Å². The standard InChI is InChI=1S/C25H24O6S2/c1-18-4-10-21(11-5-18)24(16-19-6-12-22(13-7-19)32(2,27)28)31-25(26)17-20-8-14-23(15-9-20)33(3,29)30/h4-16H,17H2,1-3H3. The first kappa shape index (κ1) is 24.4. The first-order valence-corrected chi connectivity index (χ1v) is 13.8. The minimum atomic E-state index is -3.32. The van der Waals surface area contributed by atoms with Gasteiger partial charge in [-0.05, 0) is 48.4 Å². The van der Waals surface area contributed by atoms with Crippen LogP contribution in [0.4, 0.5) is 0 Å². The van der Waals surface area contributed by atoms with Crippen molar-refractivity contribution < 1.29 is 26.4 Å². The predicted molar refractivity (Wildman–Crippen MR) is 128 cm³/mol. The second-order valence-electron chi connectivity index (χ2n) is 7.78. The zero-order valence-electron chi connectivity index (χ0n) is 18.5. The van der Waals surface area contributed by atoms with Gasteiger partial charge in [-0.1, -0.05) is 54.1 Å². The number of sulfone groups is 2. The van der Waals surface area contributed by atoms with Gasteiger partial charge in [0.05, 0.1) is 16.2 Å². The molecule has 0 amide bonds. The molecule has 3 rings (SSSR count). The molecule has 0 bridgehead atoms. The van der Waals surface area contributed by atoms with E-state index in [0.29, 0.717) is 22.4 Å². The molecule has 172 valence electrons. The molecule has 0 unspecified atom stereocenters. The van der Waals surface area contributed by atoms with Gasteiger partial charge >= 0.3 is 5.97 Å². The zero-order chi connectivity index (χ0) is 24.2. The van der Waals surface area contributed by atoms with Crippen LogP contribution in [0.1, 0.15) is 22.3 Å². The lowest BCUT2D eigenvalue weighted by molar-refractivity contribution is -0.135. The Morgan fingerprint density at radius 1 is 0.758 bits per heavy atom. The van der Waals surface area contributed by atoms with E-state index in [-0.39, 0.29) is 16.2 Å². The molecule has 0 saturated carbocycles. The van der Waals surface area contributed by atoms with E-state index in [1.165, 1.54) is 24.3 Å². The minimum absolute atomic E-state index is 0.0414. The maximum Gasteiger partial charge on any atom is 0.315 e. The molecule has 0 spiro atoms. The number of hydrogen-bond acceptors (Lipinski definition) is 6. The Morgan fingerprint density at radius 3 is 1.73 bits per heavy atom. The predicted octanol–water partition coefficient (Wildman–Crippen LogP) is 4.09. The molecule has 0 fully saturated rings. The molecule has 0 atom stereocenters. The first-order valence-electron chi connectivity index (χ1n) is 10.0. The third-order valence-electron chi connectivity index (χ3n) is 4.87. The van der Waals surface area contributed by atoms with Crippen molar-refractivity contribution in [3.63, 3.8) is 0 Å². The van der Waals surface area contributed by atoms with Crippen molar-refractivity contribution in [2.75, 3.05) is 12.5 Å². The second kappa shape index (κ2) is 9.72. The fourth-order valence-corrected chi connectivity index (χ4v) is 4.29. The van der Waals surface area contributed by atoms with Crippen molar-refractivity contribution in [3.8, 4) is 0 Å². The third kappa shape index (κ3) is 6.87. The van der Waals surface area contributed by atoms with Gasteiger partial charge in [-0.2, -0.15) is 0 Å². The van der Waals surface area contributed by atoms with E-state index in [1.54, 1.807) is 30.3 Å². The van der Waals surface area contributed by atoms with Crippen molar-refractivity contribution in [1.29, 1.82) is 0 Å². The largest absolute Gasteiger partial charge is 0.426 e. The molecule has 0 radical (unpaired) electrons. The highest BCUT2D eigenvalue weighted by atomic mass is 32.2. The maximum atomic E-state index is 12.7. The molecule has 0 saturated heterocycles. The summed E-state index contributed by atoms with van der Waals surface area (Å²) in [6.45, 7) is 1.95. The molecular formula is C25H24O6S2. The summed E-state index contributed by atoms with van der Waals surface area (Å²) in [5, 5.41) is 0. The van der Waals surface area contributed by atoms with Crippen LogP contribution in [-0.2, 0) is 35.6 Å². The average Bonchev–Trinajstić information content (AvgIpc) is 2.73. The number of carbonyl (C=O) groups is 1. The van der Waals surface area contributed by atoms with Crippen molar-refractivity contribution in [2.24, 2.45) is 0 Å².